The largest absolute Gasteiger partial charge is 0.468 e. The summed E-state index contributed by atoms with van der Waals surface area (Å²) in [5.74, 6) is 3.79. The van der Waals surface area contributed by atoms with E-state index in [1.54, 1.807) is 37.3 Å². The maximum atomic E-state index is 12.5. The molecule has 0 bridgehead atoms. The fourth-order valence-corrected chi connectivity index (χ4v) is 2.61. The molecule has 0 aliphatic rings. The molecule has 130 valence electrons. The topological polar surface area (TPSA) is 76.4 Å². The Hall–Kier alpha value is -3.05. The predicted molar refractivity (Wildman–Crippen MR) is 93.2 cm³/mol. The first-order valence-electron chi connectivity index (χ1n) is 7.68. The van der Waals surface area contributed by atoms with Crippen LogP contribution in [0.15, 0.2) is 36.9 Å². The highest BCUT2D eigenvalue weighted by Crippen LogP contribution is 2.38. The van der Waals surface area contributed by atoms with Crippen LogP contribution in [0.3, 0.4) is 0 Å². The second kappa shape index (κ2) is 9.30. The van der Waals surface area contributed by atoms with Crippen molar-refractivity contribution >= 4 is 11.9 Å². The molecule has 0 N–H and O–H groups in total. The van der Waals surface area contributed by atoms with Crippen molar-refractivity contribution in [2.24, 2.45) is 5.41 Å². The van der Waals surface area contributed by atoms with Gasteiger partial charge in [0, 0.05) is 12.3 Å². The van der Waals surface area contributed by atoms with Crippen LogP contribution in [0.4, 0.5) is 0 Å². The summed E-state index contributed by atoms with van der Waals surface area (Å²) in [6.45, 7) is 5.44. The molecular weight excluding hydrogens is 318 g/mol. The van der Waals surface area contributed by atoms with Crippen LogP contribution >= 0.6 is 0 Å². The van der Waals surface area contributed by atoms with Crippen molar-refractivity contribution < 1.29 is 19.1 Å². The third-order valence-electron chi connectivity index (χ3n) is 4.04. The lowest BCUT2D eigenvalue weighted by molar-refractivity contribution is -0.169. The van der Waals surface area contributed by atoms with Crippen molar-refractivity contribution in [1.82, 2.24) is 0 Å². The molecule has 1 aromatic rings. The molecule has 0 heterocycles. The number of allylic oxidation sites excluding steroid dienone is 1. The zero-order valence-electron chi connectivity index (χ0n) is 14.7. The van der Waals surface area contributed by atoms with Gasteiger partial charge >= 0.3 is 11.9 Å². The molecular formula is C20H21NO4. The van der Waals surface area contributed by atoms with Crippen LogP contribution < -0.4 is 0 Å². The van der Waals surface area contributed by atoms with Crippen LogP contribution in [0.5, 0.6) is 0 Å². The molecule has 0 radical (unpaired) electrons. The monoisotopic (exact) mass is 339 g/mol. The van der Waals surface area contributed by atoms with Gasteiger partial charge in [-0.3, -0.25) is 9.59 Å². The number of hydrogen-bond donors (Lipinski definition) is 0. The van der Waals surface area contributed by atoms with Crippen molar-refractivity contribution in [2.45, 2.75) is 25.7 Å². The smallest absolute Gasteiger partial charge is 0.324 e. The molecule has 5 nitrogen and oxygen atoms in total. The third-order valence-corrected chi connectivity index (χ3v) is 4.04. The minimum Gasteiger partial charge on any atom is -0.468 e. The van der Waals surface area contributed by atoms with Gasteiger partial charge in [-0.2, -0.15) is 5.26 Å². The second-order valence-corrected chi connectivity index (χ2v) is 5.45. The molecule has 0 spiro atoms. The first-order chi connectivity index (χ1) is 12.0. The fraction of sp³-hybridized carbons (Fsp3) is 0.350. The highest BCUT2D eigenvalue weighted by molar-refractivity contribution is 6.00. The molecule has 0 amide bonds. The Labute approximate surface area is 148 Å². The second-order valence-electron chi connectivity index (χ2n) is 5.45. The molecule has 5 heteroatoms. The van der Waals surface area contributed by atoms with Crippen molar-refractivity contribution in [2.75, 3.05) is 14.2 Å². The van der Waals surface area contributed by atoms with Gasteiger partial charge in [0.25, 0.3) is 0 Å². The minimum atomic E-state index is -1.54. The Morgan fingerprint density at radius 3 is 2.20 bits per heavy atom. The van der Waals surface area contributed by atoms with Crippen molar-refractivity contribution in [3.8, 4) is 17.9 Å². The predicted octanol–water partition coefficient (Wildman–Crippen LogP) is 2.96. The Kier molecular flexibility index (Phi) is 7.43. The summed E-state index contributed by atoms with van der Waals surface area (Å²) in [5.41, 5.74) is -0.189. The molecule has 0 saturated heterocycles. The summed E-state index contributed by atoms with van der Waals surface area (Å²) in [5, 5.41) is 8.91. The average molecular weight is 339 g/mol. The van der Waals surface area contributed by atoms with E-state index in [-0.39, 0.29) is 18.8 Å². The molecule has 0 aliphatic heterocycles. The average Bonchev–Trinajstić information content (AvgIpc) is 2.67. The van der Waals surface area contributed by atoms with Crippen LogP contribution in [0.1, 0.15) is 36.8 Å². The molecule has 0 aromatic heterocycles. The van der Waals surface area contributed by atoms with E-state index < -0.39 is 17.4 Å². The number of nitrogens with zero attached hydrogens (tertiary/aromatic N) is 1. The van der Waals surface area contributed by atoms with E-state index in [4.69, 9.17) is 14.7 Å². The van der Waals surface area contributed by atoms with Gasteiger partial charge in [-0.25, -0.2) is 0 Å². The lowest BCUT2D eigenvalue weighted by Crippen LogP contribution is -2.42. The number of esters is 2. The summed E-state index contributed by atoms with van der Waals surface area (Å²) in [6, 6.07) is 8.95. The van der Waals surface area contributed by atoms with Gasteiger partial charge in [-0.15, -0.1) is 18.4 Å². The van der Waals surface area contributed by atoms with E-state index in [0.717, 1.165) is 5.56 Å². The minimum absolute atomic E-state index is 0.0105. The lowest BCUT2D eigenvalue weighted by atomic mass is 9.74. The molecule has 25 heavy (non-hydrogen) atoms. The maximum absolute atomic E-state index is 12.5. The normalized spacial score (nSPS) is 11.3. The highest BCUT2D eigenvalue weighted by atomic mass is 16.5. The van der Waals surface area contributed by atoms with Gasteiger partial charge in [0.15, 0.2) is 5.41 Å². The van der Waals surface area contributed by atoms with Gasteiger partial charge in [0.2, 0.25) is 0 Å². The summed E-state index contributed by atoms with van der Waals surface area (Å²) in [4.78, 5) is 24.9. The van der Waals surface area contributed by atoms with E-state index in [9.17, 15) is 9.59 Å². The molecule has 1 unspecified atom stereocenters. The summed E-state index contributed by atoms with van der Waals surface area (Å²) >= 11 is 0. The first-order valence-corrected chi connectivity index (χ1v) is 7.68. The molecule has 1 aromatic carbocycles. The number of nitriles is 1. The first kappa shape index (κ1) is 20.0. The number of carbonyl (C=O) groups is 2. The van der Waals surface area contributed by atoms with Crippen molar-refractivity contribution in [1.29, 1.82) is 5.26 Å². The zero-order valence-corrected chi connectivity index (χ0v) is 14.7. The van der Waals surface area contributed by atoms with Gasteiger partial charge in [0.05, 0.1) is 25.9 Å². The van der Waals surface area contributed by atoms with Gasteiger partial charge < -0.3 is 9.47 Å². The van der Waals surface area contributed by atoms with E-state index in [1.807, 2.05) is 6.07 Å². The summed E-state index contributed by atoms with van der Waals surface area (Å²) in [7, 11) is 2.45. The Morgan fingerprint density at radius 2 is 1.80 bits per heavy atom. The van der Waals surface area contributed by atoms with Gasteiger partial charge in [-0.05, 0) is 31.0 Å². The van der Waals surface area contributed by atoms with Crippen LogP contribution in [0.2, 0.25) is 0 Å². The van der Waals surface area contributed by atoms with Crippen LogP contribution in [0.25, 0.3) is 0 Å². The standard InChI is InChI=1S/C20H21NO4/c1-5-7-12-20(18(22)24-3,19(23)25-4)13-16(6-2)17-10-8-15(14-21)9-11-17/h6,8-11,16H,2,12-13H2,1,3-4H3. The van der Waals surface area contributed by atoms with Gasteiger partial charge in [-0.1, -0.05) is 18.2 Å². The van der Waals surface area contributed by atoms with E-state index in [2.05, 4.69) is 18.4 Å². The van der Waals surface area contributed by atoms with Crippen LogP contribution in [-0.4, -0.2) is 26.2 Å². The van der Waals surface area contributed by atoms with Crippen LogP contribution in [-0.2, 0) is 19.1 Å². The Balaban J connectivity index is 3.33. The number of hydrogen-bond acceptors (Lipinski definition) is 5. The number of methoxy groups -OCH3 is 2. The van der Waals surface area contributed by atoms with Crippen molar-refractivity contribution in [3.05, 3.63) is 48.0 Å². The summed E-state index contributed by atoms with van der Waals surface area (Å²) in [6.07, 6.45) is 1.75. The zero-order chi connectivity index (χ0) is 18.9. The van der Waals surface area contributed by atoms with Crippen molar-refractivity contribution in [3.63, 3.8) is 0 Å². The fourth-order valence-electron chi connectivity index (χ4n) is 2.61. The maximum Gasteiger partial charge on any atom is 0.324 e. The van der Waals surface area contributed by atoms with E-state index in [0.29, 0.717) is 5.56 Å². The molecule has 0 saturated carbocycles. The number of carbonyl (C=O) groups excluding carboxylic acids is 2. The molecule has 0 aliphatic carbocycles. The Morgan fingerprint density at radius 1 is 1.24 bits per heavy atom. The molecule has 0 fully saturated rings. The highest BCUT2D eigenvalue weighted by Gasteiger charge is 2.49. The van der Waals surface area contributed by atoms with E-state index in [1.165, 1.54) is 14.2 Å². The number of ether oxygens (including phenoxy) is 2. The van der Waals surface area contributed by atoms with Gasteiger partial charge in [0.1, 0.15) is 0 Å². The number of rotatable bonds is 7. The summed E-state index contributed by atoms with van der Waals surface area (Å²) < 4.78 is 9.74. The third kappa shape index (κ3) is 4.49. The molecule has 1 rings (SSSR count). The lowest BCUT2D eigenvalue weighted by Gasteiger charge is -2.29. The SMILES string of the molecule is C=CC(CC(CC#CC)(C(=O)OC)C(=O)OC)c1ccc(C#N)cc1. The van der Waals surface area contributed by atoms with E-state index >= 15 is 0 Å². The molecule has 1 atom stereocenters. The Bertz CT molecular complexity index is 716. The quantitative estimate of drug-likeness (QED) is 0.330. The van der Waals surface area contributed by atoms with Crippen LogP contribution in [0, 0.1) is 28.6 Å². The number of benzene rings is 1.